The Morgan fingerprint density at radius 3 is 2.20 bits per heavy atom. The highest BCUT2D eigenvalue weighted by Crippen LogP contribution is 2.48. The van der Waals surface area contributed by atoms with Crippen LogP contribution in [-0.2, 0) is 9.31 Å². The number of hydrogen-bond donors (Lipinski definition) is 0. The first kappa shape index (κ1) is 19.2. The monoisotopic (exact) mass is 396 g/mol. The van der Waals surface area contributed by atoms with Gasteiger partial charge in [-0.05, 0) is 55.8 Å². The maximum atomic E-state index is 6.53. The molecule has 1 saturated heterocycles. The van der Waals surface area contributed by atoms with Crippen LogP contribution in [0.25, 0.3) is 34.1 Å². The summed E-state index contributed by atoms with van der Waals surface area (Å²) in [7, 11) is -0.489. The Morgan fingerprint density at radius 2 is 1.53 bits per heavy atom. The molecule has 0 aromatic heterocycles. The van der Waals surface area contributed by atoms with Gasteiger partial charge in [0.1, 0.15) is 11.5 Å². The summed E-state index contributed by atoms with van der Waals surface area (Å²) in [6.45, 7) is 16.2. The number of rotatable bonds is 3. The summed E-state index contributed by atoms with van der Waals surface area (Å²) in [5.41, 5.74) is 4.33. The third-order valence-corrected chi connectivity index (χ3v) is 6.68. The summed E-state index contributed by atoms with van der Waals surface area (Å²) < 4.78 is 19.2. The quantitative estimate of drug-likeness (QED) is 0.386. The molecule has 3 nitrogen and oxygen atoms in total. The van der Waals surface area contributed by atoms with Crippen molar-refractivity contribution in [2.45, 2.75) is 38.9 Å². The van der Waals surface area contributed by atoms with Gasteiger partial charge in [0.25, 0.3) is 0 Å². The maximum Gasteiger partial charge on any atom is 0.498 e. The molecule has 0 atom stereocenters. The molecule has 5 rings (SSSR count). The van der Waals surface area contributed by atoms with Crippen LogP contribution in [0.1, 0.15) is 38.8 Å². The molecule has 0 spiro atoms. The van der Waals surface area contributed by atoms with Crippen molar-refractivity contribution in [2.75, 3.05) is 0 Å². The Morgan fingerprint density at radius 1 is 0.867 bits per heavy atom. The van der Waals surface area contributed by atoms with Crippen LogP contribution >= 0.6 is 0 Å². The number of para-hydroxylation sites is 1. The van der Waals surface area contributed by atoms with Crippen molar-refractivity contribution in [3.63, 3.8) is 0 Å². The van der Waals surface area contributed by atoms with Crippen molar-refractivity contribution < 1.29 is 14.0 Å². The van der Waals surface area contributed by atoms with E-state index in [9.17, 15) is 0 Å². The normalized spacial score (nSPS) is 18.1. The second-order valence-electron chi connectivity index (χ2n) is 8.93. The van der Waals surface area contributed by atoms with E-state index in [1.807, 2.05) is 30.4 Å². The van der Waals surface area contributed by atoms with Gasteiger partial charge in [-0.3, -0.25) is 0 Å². The second kappa shape index (κ2) is 6.34. The van der Waals surface area contributed by atoms with E-state index < -0.39 is 18.3 Å². The molecule has 0 unspecified atom stereocenters. The van der Waals surface area contributed by atoms with Crippen molar-refractivity contribution in [3.05, 3.63) is 66.7 Å². The molecule has 2 aliphatic rings. The fourth-order valence-electron chi connectivity index (χ4n) is 4.34. The first-order valence-electron chi connectivity index (χ1n) is 10.3. The number of benzene rings is 3. The highest BCUT2D eigenvalue weighted by Gasteiger charge is 2.52. The van der Waals surface area contributed by atoms with E-state index in [0.29, 0.717) is 0 Å². The van der Waals surface area contributed by atoms with Crippen LogP contribution in [0.4, 0.5) is 0 Å². The minimum atomic E-state index is -0.489. The van der Waals surface area contributed by atoms with Crippen LogP contribution in [0.5, 0.6) is 11.5 Å². The van der Waals surface area contributed by atoms with Crippen LogP contribution in [0, 0.1) is 0 Å². The fraction of sp³-hybridized carbons (Fsp3) is 0.231. The summed E-state index contributed by atoms with van der Waals surface area (Å²) in [5, 5.41) is 2.21. The summed E-state index contributed by atoms with van der Waals surface area (Å²) in [6, 6.07) is 14.5. The average molecular weight is 396 g/mol. The lowest BCUT2D eigenvalue weighted by Gasteiger charge is -2.32. The first-order chi connectivity index (χ1) is 14.3. The van der Waals surface area contributed by atoms with E-state index in [0.717, 1.165) is 50.0 Å². The molecule has 2 aliphatic heterocycles. The Kier molecular flexibility index (Phi) is 4.05. The average Bonchev–Trinajstić information content (AvgIpc) is 2.94. The van der Waals surface area contributed by atoms with E-state index in [1.54, 1.807) is 0 Å². The number of hydrogen-bond acceptors (Lipinski definition) is 3. The topological polar surface area (TPSA) is 27.7 Å². The van der Waals surface area contributed by atoms with Gasteiger partial charge in [-0.15, -0.1) is 0 Å². The minimum Gasteiger partial charge on any atom is -0.456 e. The highest BCUT2D eigenvalue weighted by atomic mass is 16.7. The lowest BCUT2D eigenvalue weighted by molar-refractivity contribution is 0.00578. The summed E-state index contributed by atoms with van der Waals surface area (Å²) in [5.74, 6) is 1.61. The van der Waals surface area contributed by atoms with Crippen LogP contribution in [-0.4, -0.2) is 18.3 Å². The van der Waals surface area contributed by atoms with Crippen molar-refractivity contribution in [3.8, 4) is 22.6 Å². The third kappa shape index (κ3) is 2.54. The van der Waals surface area contributed by atoms with Gasteiger partial charge in [-0.2, -0.15) is 0 Å². The standard InChI is InChI=1S/C26H25BO3/c1-7-16-15-22-23-18(17(16)8-2)11-9-12-19(23)20-13-10-14-21(24(20)28-22)27-29-25(3,4)26(5,6)30-27/h7-15H,1-2H2,3-6H3. The van der Waals surface area contributed by atoms with Gasteiger partial charge in [0.2, 0.25) is 0 Å². The Balaban J connectivity index is 1.74. The zero-order valence-corrected chi connectivity index (χ0v) is 17.9. The van der Waals surface area contributed by atoms with Gasteiger partial charge < -0.3 is 14.0 Å². The molecule has 1 fully saturated rings. The Labute approximate surface area is 178 Å². The van der Waals surface area contributed by atoms with Crippen molar-refractivity contribution in [1.82, 2.24) is 0 Å². The second-order valence-corrected chi connectivity index (χ2v) is 8.93. The smallest absolute Gasteiger partial charge is 0.456 e. The van der Waals surface area contributed by atoms with E-state index >= 15 is 0 Å². The van der Waals surface area contributed by atoms with Crippen molar-refractivity contribution >= 4 is 35.5 Å². The predicted molar refractivity (Wildman–Crippen MR) is 125 cm³/mol. The molecule has 4 heteroatoms. The molecule has 30 heavy (non-hydrogen) atoms. The zero-order chi connectivity index (χ0) is 21.3. The molecule has 0 radical (unpaired) electrons. The van der Waals surface area contributed by atoms with Gasteiger partial charge in [-0.25, -0.2) is 0 Å². The highest BCUT2D eigenvalue weighted by molar-refractivity contribution is 6.63. The first-order valence-corrected chi connectivity index (χ1v) is 10.3. The zero-order valence-electron chi connectivity index (χ0n) is 17.9. The van der Waals surface area contributed by atoms with Crippen LogP contribution < -0.4 is 10.2 Å². The van der Waals surface area contributed by atoms with E-state index in [4.69, 9.17) is 14.0 Å². The van der Waals surface area contributed by atoms with Gasteiger partial charge in [0, 0.05) is 16.4 Å². The van der Waals surface area contributed by atoms with E-state index in [-0.39, 0.29) is 0 Å². The number of ether oxygens (including phenoxy) is 1. The van der Waals surface area contributed by atoms with Crippen LogP contribution in [0.3, 0.4) is 0 Å². The molecule has 2 heterocycles. The van der Waals surface area contributed by atoms with Gasteiger partial charge in [0.15, 0.2) is 0 Å². The predicted octanol–water partition coefficient (Wildman–Crippen LogP) is 6.20. The minimum absolute atomic E-state index is 0.415. The molecule has 0 bridgehead atoms. The lowest BCUT2D eigenvalue weighted by Crippen LogP contribution is -2.41. The molecule has 0 saturated carbocycles. The SMILES string of the molecule is C=Cc1cc2c3c(cccc3c1C=C)-c1cccc(B3OC(C)(C)C(C)(C)O3)c1O2. The third-order valence-electron chi connectivity index (χ3n) is 6.68. The van der Waals surface area contributed by atoms with Gasteiger partial charge in [0.05, 0.1) is 11.2 Å². The number of fused-ring (bicyclic) bond motifs is 2. The van der Waals surface area contributed by atoms with Crippen LogP contribution in [0.2, 0.25) is 0 Å². The summed E-state index contributed by atoms with van der Waals surface area (Å²) in [6.07, 6.45) is 3.73. The largest absolute Gasteiger partial charge is 0.498 e. The Bertz CT molecular complexity index is 1210. The molecular formula is C26H25BO3. The van der Waals surface area contributed by atoms with Gasteiger partial charge in [-0.1, -0.05) is 61.7 Å². The molecule has 0 amide bonds. The fourth-order valence-corrected chi connectivity index (χ4v) is 4.34. The molecule has 3 aromatic rings. The molecular weight excluding hydrogens is 371 g/mol. The lowest BCUT2D eigenvalue weighted by atomic mass is 9.76. The van der Waals surface area contributed by atoms with E-state index in [1.165, 1.54) is 0 Å². The van der Waals surface area contributed by atoms with Crippen molar-refractivity contribution in [1.29, 1.82) is 0 Å². The van der Waals surface area contributed by atoms with Gasteiger partial charge >= 0.3 is 7.12 Å². The molecule has 3 aromatic carbocycles. The molecule has 150 valence electrons. The molecule has 0 N–H and O–H groups in total. The molecule has 0 aliphatic carbocycles. The van der Waals surface area contributed by atoms with Crippen LogP contribution in [0.15, 0.2) is 55.6 Å². The maximum absolute atomic E-state index is 6.53. The van der Waals surface area contributed by atoms with E-state index in [2.05, 4.69) is 65.1 Å². The summed E-state index contributed by atoms with van der Waals surface area (Å²) >= 11 is 0. The van der Waals surface area contributed by atoms with Crippen molar-refractivity contribution in [2.24, 2.45) is 0 Å². The Hall–Kier alpha value is -2.82. The summed E-state index contributed by atoms with van der Waals surface area (Å²) in [4.78, 5) is 0.